The highest BCUT2D eigenvalue weighted by Crippen LogP contribution is 2.38. The number of carboxylic acids is 1. The first-order chi connectivity index (χ1) is 10.0. The Morgan fingerprint density at radius 3 is 2.48 bits per heavy atom. The summed E-state index contributed by atoms with van der Waals surface area (Å²) < 4.78 is 4.69. The molecule has 1 saturated carbocycles. The fraction of sp³-hybridized carbons (Fsp3) is 0.400. The molecule has 1 aromatic carbocycles. The summed E-state index contributed by atoms with van der Waals surface area (Å²) in [5.74, 6) is -3.12. The topological polar surface area (TPSA) is 92.7 Å². The lowest BCUT2D eigenvalue weighted by Crippen LogP contribution is -2.44. The summed E-state index contributed by atoms with van der Waals surface area (Å²) in [5.41, 5.74) is 0.888. The van der Waals surface area contributed by atoms with E-state index in [-0.39, 0.29) is 0 Å². The second-order valence-corrected chi connectivity index (χ2v) is 5.06. The van der Waals surface area contributed by atoms with Gasteiger partial charge in [-0.1, -0.05) is 30.3 Å². The van der Waals surface area contributed by atoms with Crippen molar-refractivity contribution in [2.24, 2.45) is 11.8 Å². The van der Waals surface area contributed by atoms with Gasteiger partial charge in [0.15, 0.2) is 0 Å². The molecule has 1 aromatic rings. The minimum absolute atomic E-state index is 0.309. The number of esters is 1. The number of rotatable bonds is 6. The van der Waals surface area contributed by atoms with Crippen molar-refractivity contribution in [2.75, 3.05) is 7.11 Å². The van der Waals surface area contributed by atoms with Crippen LogP contribution in [0.2, 0.25) is 0 Å². The van der Waals surface area contributed by atoms with E-state index in [1.54, 1.807) is 0 Å². The van der Waals surface area contributed by atoms with Gasteiger partial charge < -0.3 is 15.2 Å². The van der Waals surface area contributed by atoms with Crippen LogP contribution in [-0.2, 0) is 25.5 Å². The number of ether oxygens (including phenoxy) is 1. The average Bonchev–Trinajstić information content (AvgIpc) is 3.27. The lowest BCUT2D eigenvalue weighted by atomic mass is 10.1. The number of amides is 1. The van der Waals surface area contributed by atoms with E-state index in [4.69, 9.17) is 5.11 Å². The lowest BCUT2D eigenvalue weighted by molar-refractivity contribution is -0.145. The molecule has 2 N–H and O–H groups in total. The Morgan fingerprint density at radius 1 is 1.29 bits per heavy atom. The monoisotopic (exact) mass is 291 g/mol. The molecule has 0 bridgehead atoms. The normalized spacial score (nSPS) is 21.2. The molecule has 0 aromatic heterocycles. The molecule has 0 radical (unpaired) electrons. The van der Waals surface area contributed by atoms with Crippen molar-refractivity contribution in [3.05, 3.63) is 35.9 Å². The zero-order valence-corrected chi connectivity index (χ0v) is 11.6. The summed E-state index contributed by atoms with van der Waals surface area (Å²) in [7, 11) is 1.25. The number of hydrogen-bond donors (Lipinski definition) is 2. The Balaban J connectivity index is 1.99. The van der Waals surface area contributed by atoms with Gasteiger partial charge in [0.1, 0.15) is 6.04 Å². The smallest absolute Gasteiger partial charge is 0.328 e. The number of carboxylic acid groups (broad SMARTS) is 1. The van der Waals surface area contributed by atoms with Crippen LogP contribution in [0.5, 0.6) is 0 Å². The Bertz CT molecular complexity index is 542. The molecule has 1 aliphatic rings. The molecular formula is C15H17NO5. The first kappa shape index (κ1) is 15.0. The maximum absolute atomic E-state index is 12.0. The fourth-order valence-electron chi connectivity index (χ4n) is 2.22. The van der Waals surface area contributed by atoms with Crippen LogP contribution in [-0.4, -0.2) is 36.1 Å². The van der Waals surface area contributed by atoms with Crippen LogP contribution in [0.25, 0.3) is 0 Å². The highest BCUT2D eigenvalue weighted by Gasteiger charge is 2.49. The first-order valence-electron chi connectivity index (χ1n) is 6.68. The van der Waals surface area contributed by atoms with E-state index in [0.29, 0.717) is 12.8 Å². The first-order valence-corrected chi connectivity index (χ1v) is 6.68. The van der Waals surface area contributed by atoms with Crippen molar-refractivity contribution in [1.29, 1.82) is 0 Å². The van der Waals surface area contributed by atoms with Crippen molar-refractivity contribution in [3.8, 4) is 0 Å². The summed E-state index contributed by atoms with van der Waals surface area (Å²) in [6.07, 6.45) is 0.629. The van der Waals surface area contributed by atoms with Gasteiger partial charge >= 0.3 is 11.9 Å². The predicted molar refractivity (Wildman–Crippen MR) is 73.3 cm³/mol. The maximum atomic E-state index is 12.0. The van der Waals surface area contributed by atoms with Gasteiger partial charge in [-0.05, 0) is 12.0 Å². The van der Waals surface area contributed by atoms with Gasteiger partial charge in [-0.25, -0.2) is 4.79 Å². The van der Waals surface area contributed by atoms with E-state index >= 15 is 0 Å². The highest BCUT2D eigenvalue weighted by atomic mass is 16.5. The average molecular weight is 291 g/mol. The summed E-state index contributed by atoms with van der Waals surface area (Å²) >= 11 is 0. The molecule has 0 aliphatic heterocycles. The van der Waals surface area contributed by atoms with E-state index < -0.39 is 35.7 Å². The Kier molecular flexibility index (Phi) is 4.57. The number of hydrogen-bond acceptors (Lipinski definition) is 4. The van der Waals surface area contributed by atoms with Crippen molar-refractivity contribution in [2.45, 2.75) is 18.9 Å². The Morgan fingerprint density at radius 2 is 1.95 bits per heavy atom. The van der Waals surface area contributed by atoms with Crippen molar-refractivity contribution < 1.29 is 24.2 Å². The molecule has 6 nitrogen and oxygen atoms in total. The largest absolute Gasteiger partial charge is 0.481 e. The zero-order valence-electron chi connectivity index (χ0n) is 11.6. The molecular weight excluding hydrogens is 274 g/mol. The second-order valence-electron chi connectivity index (χ2n) is 5.06. The number of carbonyl (C=O) groups excluding carboxylic acids is 2. The zero-order chi connectivity index (χ0) is 15.4. The van der Waals surface area contributed by atoms with Crippen LogP contribution >= 0.6 is 0 Å². The van der Waals surface area contributed by atoms with Crippen LogP contribution in [0.1, 0.15) is 12.0 Å². The third-order valence-electron chi connectivity index (χ3n) is 3.53. The number of nitrogens with one attached hydrogen (secondary N) is 1. The van der Waals surface area contributed by atoms with E-state index in [0.717, 1.165) is 5.56 Å². The molecule has 1 fully saturated rings. The minimum atomic E-state index is -0.979. The van der Waals surface area contributed by atoms with Crippen LogP contribution in [0.4, 0.5) is 0 Å². The Hall–Kier alpha value is -2.37. The van der Waals surface area contributed by atoms with E-state index in [2.05, 4.69) is 10.1 Å². The highest BCUT2D eigenvalue weighted by molar-refractivity contribution is 5.92. The van der Waals surface area contributed by atoms with Crippen LogP contribution in [0.15, 0.2) is 30.3 Å². The number of carbonyl (C=O) groups is 3. The van der Waals surface area contributed by atoms with Crippen LogP contribution < -0.4 is 5.32 Å². The molecule has 0 heterocycles. The van der Waals surface area contributed by atoms with Gasteiger partial charge in [0.05, 0.1) is 18.9 Å². The number of aliphatic carboxylic acids is 1. The van der Waals surface area contributed by atoms with Gasteiger partial charge in [-0.3, -0.25) is 9.59 Å². The molecule has 3 atom stereocenters. The summed E-state index contributed by atoms with van der Waals surface area (Å²) in [5, 5.41) is 11.4. The molecule has 6 heteroatoms. The van der Waals surface area contributed by atoms with Gasteiger partial charge in [0.25, 0.3) is 0 Å². The third-order valence-corrected chi connectivity index (χ3v) is 3.53. The van der Waals surface area contributed by atoms with E-state index in [1.807, 2.05) is 30.3 Å². The van der Waals surface area contributed by atoms with Gasteiger partial charge in [0, 0.05) is 6.42 Å². The Labute approximate surface area is 122 Å². The number of benzene rings is 1. The molecule has 2 rings (SSSR count). The summed E-state index contributed by atoms with van der Waals surface area (Å²) in [6.45, 7) is 0. The minimum Gasteiger partial charge on any atom is -0.481 e. The van der Waals surface area contributed by atoms with Gasteiger partial charge in [-0.2, -0.15) is 0 Å². The summed E-state index contributed by atoms with van der Waals surface area (Å²) in [6, 6.07) is 8.43. The van der Waals surface area contributed by atoms with Gasteiger partial charge in [-0.15, -0.1) is 0 Å². The maximum Gasteiger partial charge on any atom is 0.328 e. The molecule has 1 amide bonds. The molecule has 3 unspecified atom stereocenters. The van der Waals surface area contributed by atoms with Crippen LogP contribution in [0, 0.1) is 11.8 Å². The van der Waals surface area contributed by atoms with E-state index in [9.17, 15) is 14.4 Å². The van der Waals surface area contributed by atoms with Gasteiger partial charge in [0.2, 0.25) is 5.91 Å². The summed E-state index contributed by atoms with van der Waals surface area (Å²) in [4.78, 5) is 34.5. The SMILES string of the molecule is COC(=O)C(Cc1ccccc1)NC(=O)C1CC1C(=O)O. The van der Waals surface area contributed by atoms with Crippen LogP contribution in [0.3, 0.4) is 0 Å². The van der Waals surface area contributed by atoms with Crippen molar-refractivity contribution >= 4 is 17.8 Å². The molecule has 0 saturated heterocycles. The predicted octanol–water partition coefficient (Wildman–Crippen LogP) is 0.608. The second kappa shape index (κ2) is 6.39. The molecule has 21 heavy (non-hydrogen) atoms. The fourth-order valence-corrected chi connectivity index (χ4v) is 2.22. The number of methoxy groups -OCH3 is 1. The third kappa shape index (κ3) is 3.81. The molecule has 1 aliphatic carbocycles. The quantitative estimate of drug-likeness (QED) is 0.749. The lowest BCUT2D eigenvalue weighted by Gasteiger charge is -2.16. The van der Waals surface area contributed by atoms with Crippen molar-refractivity contribution in [1.82, 2.24) is 5.32 Å². The molecule has 112 valence electrons. The van der Waals surface area contributed by atoms with E-state index in [1.165, 1.54) is 7.11 Å². The standard InChI is InChI=1S/C15H17NO5/c1-21-15(20)12(7-9-5-3-2-4-6-9)16-13(17)10-8-11(10)14(18)19/h2-6,10-12H,7-8H2,1H3,(H,16,17)(H,18,19). The molecule has 0 spiro atoms. The van der Waals surface area contributed by atoms with Crippen molar-refractivity contribution in [3.63, 3.8) is 0 Å².